The van der Waals surface area contributed by atoms with Gasteiger partial charge < -0.3 is 14.2 Å². The molecule has 29 heavy (non-hydrogen) atoms. The van der Waals surface area contributed by atoms with E-state index in [0.717, 1.165) is 10.5 Å². The van der Waals surface area contributed by atoms with Crippen LogP contribution in [0.15, 0.2) is 59.0 Å². The Kier molecular flexibility index (Phi) is 5.24. The molecule has 0 saturated carbocycles. The fourth-order valence-electron chi connectivity index (χ4n) is 3.82. The first-order valence-corrected chi connectivity index (χ1v) is 10.2. The Morgan fingerprint density at radius 3 is 2.83 bits per heavy atom. The predicted octanol–water partition coefficient (Wildman–Crippen LogP) is 3.36. The standard InChI is InChI=1S/C22H20O6S/c1-12-8-15-10-14(22(25)26-15)11-18-20(13(2)21(24)28-18)17(9-12)27-19(23)6-5-16-4-3-7-29-16/h3-7,9-10,15,17-18,20H,2,8,11H2,1H3/b6-5+,12-9+/t15-,17?,18?,20+/m1/s1. The molecule has 2 unspecified atom stereocenters. The number of hydrogen-bond acceptors (Lipinski definition) is 7. The molecule has 1 fully saturated rings. The summed E-state index contributed by atoms with van der Waals surface area (Å²) in [6.07, 6.45) is 5.59. The molecule has 4 rings (SSSR count). The molecule has 0 aromatic carbocycles. The molecule has 6 nitrogen and oxygen atoms in total. The molecule has 0 amide bonds. The summed E-state index contributed by atoms with van der Waals surface area (Å²) in [6, 6.07) is 3.79. The quantitative estimate of drug-likeness (QED) is 0.328. The van der Waals surface area contributed by atoms with Crippen LogP contribution in [0.4, 0.5) is 0 Å². The van der Waals surface area contributed by atoms with Gasteiger partial charge in [-0.2, -0.15) is 0 Å². The average molecular weight is 412 g/mol. The van der Waals surface area contributed by atoms with Crippen LogP contribution < -0.4 is 0 Å². The molecule has 4 atom stereocenters. The zero-order chi connectivity index (χ0) is 20.5. The molecule has 1 saturated heterocycles. The van der Waals surface area contributed by atoms with Crippen LogP contribution in [0.3, 0.4) is 0 Å². The van der Waals surface area contributed by atoms with E-state index in [-0.39, 0.29) is 18.1 Å². The molecule has 1 aliphatic carbocycles. The van der Waals surface area contributed by atoms with E-state index in [2.05, 4.69) is 6.58 Å². The zero-order valence-corrected chi connectivity index (χ0v) is 16.6. The third kappa shape index (κ3) is 4.10. The van der Waals surface area contributed by atoms with Gasteiger partial charge in [0.25, 0.3) is 0 Å². The summed E-state index contributed by atoms with van der Waals surface area (Å²) >= 11 is 1.51. The van der Waals surface area contributed by atoms with Gasteiger partial charge in [-0.05, 0) is 36.6 Å². The molecule has 3 aliphatic rings. The normalized spacial score (nSPS) is 30.9. The highest BCUT2D eigenvalue weighted by atomic mass is 32.1. The van der Waals surface area contributed by atoms with Crippen LogP contribution in [-0.4, -0.2) is 36.2 Å². The summed E-state index contributed by atoms with van der Waals surface area (Å²) in [6.45, 7) is 5.72. The van der Waals surface area contributed by atoms with Gasteiger partial charge >= 0.3 is 17.9 Å². The van der Waals surface area contributed by atoms with E-state index >= 15 is 0 Å². The third-order valence-electron chi connectivity index (χ3n) is 5.16. The number of thiophene rings is 1. The average Bonchev–Trinajstić information content (AvgIpc) is 3.35. The summed E-state index contributed by atoms with van der Waals surface area (Å²) in [5.41, 5.74) is 1.60. The summed E-state index contributed by atoms with van der Waals surface area (Å²) in [5, 5.41) is 1.92. The lowest BCUT2D eigenvalue weighted by atomic mass is 9.85. The van der Waals surface area contributed by atoms with Crippen LogP contribution in [0.25, 0.3) is 6.08 Å². The van der Waals surface area contributed by atoms with E-state index in [4.69, 9.17) is 14.2 Å². The monoisotopic (exact) mass is 412 g/mol. The van der Waals surface area contributed by atoms with Crippen LogP contribution in [0.2, 0.25) is 0 Å². The minimum Gasteiger partial charge on any atom is -0.458 e. The van der Waals surface area contributed by atoms with Gasteiger partial charge in [-0.1, -0.05) is 18.2 Å². The molecule has 0 spiro atoms. The number of carbonyl (C=O) groups is 3. The van der Waals surface area contributed by atoms with Crippen LogP contribution in [0.1, 0.15) is 24.6 Å². The van der Waals surface area contributed by atoms with E-state index in [9.17, 15) is 14.4 Å². The van der Waals surface area contributed by atoms with E-state index in [1.54, 1.807) is 18.2 Å². The molecule has 7 heteroatoms. The van der Waals surface area contributed by atoms with Gasteiger partial charge in [-0.3, -0.25) is 0 Å². The number of hydrogen-bond donors (Lipinski definition) is 0. The van der Waals surface area contributed by atoms with Gasteiger partial charge in [0.2, 0.25) is 0 Å². The van der Waals surface area contributed by atoms with E-state index in [1.807, 2.05) is 24.4 Å². The lowest BCUT2D eigenvalue weighted by Gasteiger charge is -2.25. The van der Waals surface area contributed by atoms with Gasteiger partial charge in [-0.15, -0.1) is 11.3 Å². The minimum atomic E-state index is -0.729. The van der Waals surface area contributed by atoms with E-state index in [0.29, 0.717) is 12.0 Å². The smallest absolute Gasteiger partial charge is 0.334 e. The SMILES string of the molecule is C=C1C(=O)OC2CC3=C[C@@H](C/C(C)=C/C(OC(=O)/C=C/c4cccs4)[C@H]12)OC3=O. The second-order valence-corrected chi connectivity index (χ2v) is 8.28. The van der Waals surface area contributed by atoms with E-state index < -0.39 is 36.0 Å². The summed E-state index contributed by atoms with van der Waals surface area (Å²) < 4.78 is 16.5. The topological polar surface area (TPSA) is 78.9 Å². The number of esters is 3. The Morgan fingerprint density at radius 2 is 2.07 bits per heavy atom. The van der Waals surface area contributed by atoms with Gasteiger partial charge in [-0.25, -0.2) is 14.4 Å². The van der Waals surface area contributed by atoms with Crippen molar-refractivity contribution in [1.82, 2.24) is 0 Å². The summed E-state index contributed by atoms with van der Waals surface area (Å²) in [4.78, 5) is 37.7. The Balaban J connectivity index is 1.61. The second kappa shape index (κ2) is 7.83. The Hall–Kier alpha value is -2.93. The van der Waals surface area contributed by atoms with Gasteiger partial charge in [0.1, 0.15) is 18.3 Å². The van der Waals surface area contributed by atoms with Crippen molar-refractivity contribution in [3.05, 3.63) is 63.9 Å². The largest absolute Gasteiger partial charge is 0.458 e. The summed E-state index contributed by atoms with van der Waals surface area (Å²) in [7, 11) is 0. The van der Waals surface area contributed by atoms with Crippen molar-refractivity contribution in [3.63, 3.8) is 0 Å². The summed E-state index contributed by atoms with van der Waals surface area (Å²) in [5.74, 6) is -2.03. The van der Waals surface area contributed by atoms with Crippen LogP contribution in [0, 0.1) is 5.92 Å². The molecular formula is C22H20O6S. The maximum absolute atomic E-state index is 12.5. The van der Waals surface area contributed by atoms with Crippen LogP contribution in [-0.2, 0) is 28.6 Å². The molecule has 0 N–H and O–H groups in total. The highest BCUT2D eigenvalue weighted by Gasteiger charge is 2.46. The highest BCUT2D eigenvalue weighted by molar-refractivity contribution is 7.10. The lowest BCUT2D eigenvalue weighted by Crippen LogP contribution is -2.32. The molecule has 2 bridgehead atoms. The number of carbonyl (C=O) groups excluding carboxylic acids is 3. The minimum absolute atomic E-state index is 0.205. The highest BCUT2D eigenvalue weighted by Crippen LogP contribution is 2.38. The molecule has 0 radical (unpaired) electrons. The first-order chi connectivity index (χ1) is 13.9. The molecule has 150 valence electrons. The Labute approximate surface area is 172 Å². The maximum atomic E-state index is 12.5. The molecule has 1 aromatic heterocycles. The van der Waals surface area contributed by atoms with Crippen molar-refractivity contribution in [1.29, 1.82) is 0 Å². The van der Waals surface area contributed by atoms with Crippen molar-refractivity contribution < 1.29 is 28.6 Å². The van der Waals surface area contributed by atoms with Crippen molar-refractivity contribution in [2.45, 2.75) is 38.1 Å². The molecule has 3 heterocycles. The Bertz CT molecular complexity index is 952. The number of ether oxygens (including phenoxy) is 3. The molecular weight excluding hydrogens is 392 g/mol. The maximum Gasteiger partial charge on any atom is 0.334 e. The van der Waals surface area contributed by atoms with Crippen molar-refractivity contribution in [2.75, 3.05) is 0 Å². The number of rotatable bonds is 3. The van der Waals surface area contributed by atoms with Crippen molar-refractivity contribution in [3.8, 4) is 0 Å². The molecule has 1 aromatic rings. The van der Waals surface area contributed by atoms with Gasteiger partial charge in [0, 0.05) is 34.9 Å². The van der Waals surface area contributed by atoms with E-state index in [1.165, 1.54) is 17.4 Å². The third-order valence-corrected chi connectivity index (χ3v) is 5.99. The van der Waals surface area contributed by atoms with Crippen LogP contribution in [0.5, 0.6) is 0 Å². The fourth-order valence-corrected chi connectivity index (χ4v) is 4.44. The lowest BCUT2D eigenvalue weighted by molar-refractivity contribution is -0.145. The molecule has 2 aliphatic heterocycles. The van der Waals surface area contributed by atoms with Crippen molar-refractivity contribution in [2.24, 2.45) is 5.92 Å². The van der Waals surface area contributed by atoms with Crippen molar-refractivity contribution >= 4 is 35.3 Å². The second-order valence-electron chi connectivity index (χ2n) is 7.30. The van der Waals surface area contributed by atoms with Gasteiger partial charge in [0.05, 0.1) is 5.92 Å². The predicted molar refractivity (Wildman–Crippen MR) is 107 cm³/mol. The number of fused-ring (bicyclic) bond motifs is 2. The first-order valence-electron chi connectivity index (χ1n) is 9.31. The fraction of sp³-hybridized carbons (Fsp3) is 0.318. The zero-order valence-electron chi connectivity index (χ0n) is 15.8. The van der Waals surface area contributed by atoms with Gasteiger partial charge in [0.15, 0.2) is 0 Å². The first kappa shape index (κ1) is 19.4. The van der Waals surface area contributed by atoms with Crippen LogP contribution >= 0.6 is 11.3 Å². The Morgan fingerprint density at radius 1 is 1.24 bits per heavy atom.